The molecule has 16 nitrogen and oxygen atoms in total. The van der Waals surface area contributed by atoms with Crippen molar-refractivity contribution in [1.29, 1.82) is 0 Å². The van der Waals surface area contributed by atoms with Gasteiger partial charge in [-0.05, 0) is 0 Å². The molecule has 6 rings (SSSR count). The molecule has 0 amide bonds. The van der Waals surface area contributed by atoms with Crippen molar-refractivity contribution in [3.8, 4) is 0 Å². The minimum Gasteiger partial charge on any atom is -0.395 e. The van der Waals surface area contributed by atoms with E-state index in [1.807, 2.05) is 0 Å². The predicted molar refractivity (Wildman–Crippen MR) is 131 cm³/mol. The summed E-state index contributed by atoms with van der Waals surface area (Å²) in [5.74, 6) is 0. The van der Waals surface area contributed by atoms with E-state index >= 15 is 0 Å². The van der Waals surface area contributed by atoms with Gasteiger partial charge in [0.05, 0.1) is 62.2 Å². The Labute approximate surface area is 212 Å². The minimum atomic E-state index is -1.07. The summed E-state index contributed by atoms with van der Waals surface area (Å²) in [5, 5.41) is 63.7. The van der Waals surface area contributed by atoms with Gasteiger partial charge in [0.25, 0.3) is 11.1 Å². The van der Waals surface area contributed by atoms with Crippen molar-refractivity contribution in [2.45, 2.75) is 48.6 Å². The fourth-order valence-electron chi connectivity index (χ4n) is 5.01. The van der Waals surface area contributed by atoms with Gasteiger partial charge in [0.2, 0.25) is 0 Å². The lowest BCUT2D eigenvalue weighted by Crippen LogP contribution is -2.35. The number of hydrogen-bond donors (Lipinski definition) is 12. The molecule has 6 heterocycles. The minimum absolute atomic E-state index is 0.287. The van der Waals surface area contributed by atoms with Crippen molar-refractivity contribution in [2.75, 3.05) is 13.2 Å². The van der Waals surface area contributed by atoms with E-state index in [4.69, 9.17) is 10.2 Å². The first-order chi connectivity index (χ1) is 18.3. The molecule has 0 bridgehead atoms. The first kappa shape index (κ1) is 26.1. The first-order valence-electron chi connectivity index (χ1n) is 11.8. The van der Waals surface area contributed by atoms with Gasteiger partial charge in [-0.2, -0.15) is 0 Å². The van der Waals surface area contributed by atoms with Crippen LogP contribution in [-0.4, -0.2) is 110 Å². The fraction of sp³-hybridized carbons (Fsp3) is 0.455. The van der Waals surface area contributed by atoms with E-state index in [0.29, 0.717) is 33.2 Å². The third-order valence-electron chi connectivity index (χ3n) is 7.06. The Balaban J connectivity index is 0.000000155. The number of nitrogens with zero attached hydrogens (tertiary/aromatic N) is 2. The summed E-state index contributed by atoms with van der Waals surface area (Å²) in [5.41, 5.74) is 2.07. The van der Waals surface area contributed by atoms with E-state index in [2.05, 4.69) is 40.5 Å². The summed E-state index contributed by atoms with van der Waals surface area (Å²) in [6.07, 6.45) is 1.42. The van der Waals surface area contributed by atoms with Crippen LogP contribution in [0.5, 0.6) is 0 Å². The molecule has 0 spiro atoms. The van der Waals surface area contributed by atoms with E-state index in [0.717, 1.165) is 0 Å². The monoisotopic (exact) mass is 532 g/mol. The quantitative estimate of drug-likeness (QED) is 0.120. The van der Waals surface area contributed by atoms with Gasteiger partial charge in [0.15, 0.2) is 0 Å². The highest BCUT2D eigenvalue weighted by atomic mass is 16.3. The van der Waals surface area contributed by atoms with Crippen LogP contribution in [0.2, 0.25) is 0 Å². The van der Waals surface area contributed by atoms with Crippen LogP contribution < -0.4 is 21.8 Å². The molecule has 2 aliphatic heterocycles. The summed E-state index contributed by atoms with van der Waals surface area (Å²) >= 11 is 0. The van der Waals surface area contributed by atoms with Crippen LogP contribution in [0.15, 0.2) is 34.6 Å². The van der Waals surface area contributed by atoms with E-state index in [1.165, 1.54) is 12.7 Å². The third-order valence-corrected chi connectivity index (χ3v) is 7.06. The van der Waals surface area contributed by atoms with E-state index in [1.54, 1.807) is 12.4 Å². The number of H-pyrrole nitrogens is 4. The molecular weight excluding hydrogens is 504 g/mol. The highest BCUT2D eigenvalue weighted by Gasteiger charge is 2.43. The molecule has 0 aliphatic carbocycles. The second-order valence-corrected chi connectivity index (χ2v) is 9.23. The molecule has 12 N–H and O–H groups in total. The average Bonchev–Trinajstić information content (AvgIpc) is 3.67. The van der Waals surface area contributed by atoms with Crippen molar-refractivity contribution in [2.24, 2.45) is 0 Å². The molecule has 2 aliphatic rings. The van der Waals surface area contributed by atoms with Crippen LogP contribution in [0, 0.1) is 0 Å². The molecule has 8 atom stereocenters. The highest BCUT2D eigenvalue weighted by Crippen LogP contribution is 2.31. The number of aliphatic hydroxyl groups excluding tert-OH is 6. The third kappa shape index (κ3) is 4.32. The first-order valence-corrected chi connectivity index (χ1v) is 11.8. The van der Waals surface area contributed by atoms with E-state index in [-0.39, 0.29) is 24.3 Å². The van der Waals surface area contributed by atoms with Crippen LogP contribution in [0.3, 0.4) is 0 Å². The molecule has 2 saturated heterocycles. The van der Waals surface area contributed by atoms with E-state index in [9.17, 15) is 30.0 Å². The maximum Gasteiger partial charge on any atom is 0.275 e. The second kappa shape index (κ2) is 10.4. The van der Waals surface area contributed by atoms with Crippen molar-refractivity contribution >= 4 is 22.1 Å². The van der Waals surface area contributed by atoms with Gasteiger partial charge in [0.1, 0.15) is 34.3 Å². The molecule has 4 aromatic rings. The standard InChI is InChI=1S/2C11H14N4O4/c2*16-2-5-9(17)10(18)7(15-5)4-1-12-8-6(4)13-3-14-11(8)19/h2*1,3,5,7,9-10,12,15-18H,2H2,(H,13,14,19)/t2*5-,7+,9-,10+/m11/s1. The fourth-order valence-corrected chi connectivity index (χ4v) is 5.01. The van der Waals surface area contributed by atoms with Crippen molar-refractivity contribution in [1.82, 2.24) is 40.5 Å². The molecule has 0 radical (unpaired) electrons. The Morgan fingerprint density at radius 1 is 0.632 bits per heavy atom. The molecule has 0 saturated carbocycles. The van der Waals surface area contributed by atoms with Gasteiger partial charge in [-0.25, -0.2) is 9.97 Å². The summed E-state index contributed by atoms with van der Waals surface area (Å²) in [4.78, 5) is 41.8. The number of hydrogen-bond acceptors (Lipinski definition) is 12. The Morgan fingerprint density at radius 3 is 1.37 bits per heavy atom. The lowest BCUT2D eigenvalue weighted by molar-refractivity contribution is 0.0195. The number of fused-ring (bicyclic) bond motifs is 2. The summed E-state index contributed by atoms with van der Waals surface area (Å²) in [7, 11) is 0. The molecule has 2 fully saturated rings. The maximum atomic E-state index is 11.6. The van der Waals surface area contributed by atoms with Crippen LogP contribution in [0.25, 0.3) is 22.1 Å². The zero-order valence-corrected chi connectivity index (χ0v) is 19.7. The van der Waals surface area contributed by atoms with E-state index < -0.39 is 48.6 Å². The molecule has 16 heteroatoms. The van der Waals surface area contributed by atoms with Crippen LogP contribution in [0.1, 0.15) is 23.2 Å². The van der Waals surface area contributed by atoms with Gasteiger partial charge >= 0.3 is 0 Å². The smallest absolute Gasteiger partial charge is 0.275 e. The topological polar surface area (TPSA) is 269 Å². The van der Waals surface area contributed by atoms with Crippen LogP contribution in [0.4, 0.5) is 0 Å². The van der Waals surface area contributed by atoms with Gasteiger partial charge in [-0.1, -0.05) is 0 Å². The summed E-state index contributed by atoms with van der Waals surface area (Å²) < 4.78 is 0. The SMILES string of the molecule is O=c1[nH]cnc2c([C@@H]3N[C@H](CO)[C@@H](O)[C@H]3O)c[nH]c12.O=c1[nH]cnc2c([C@@H]3N[C@H](CO)[C@@H](O)[C@H]3O)c[nH]c12. The van der Waals surface area contributed by atoms with Gasteiger partial charge < -0.3 is 61.2 Å². The lowest BCUT2D eigenvalue weighted by Gasteiger charge is -2.14. The zero-order valence-electron chi connectivity index (χ0n) is 19.7. The molecule has 0 aromatic carbocycles. The number of aromatic nitrogens is 6. The average molecular weight is 533 g/mol. The Bertz CT molecular complexity index is 1420. The number of nitrogens with one attached hydrogen (secondary N) is 6. The van der Waals surface area contributed by atoms with Crippen molar-refractivity contribution in [3.05, 3.63) is 56.9 Å². The Hall–Kier alpha value is -3.48. The summed E-state index contributed by atoms with van der Waals surface area (Å²) in [6, 6.07) is -2.38. The van der Waals surface area contributed by atoms with Crippen LogP contribution in [-0.2, 0) is 0 Å². The molecule has 4 aromatic heterocycles. The Kier molecular flexibility index (Phi) is 7.12. The molecule has 38 heavy (non-hydrogen) atoms. The largest absolute Gasteiger partial charge is 0.395 e. The Morgan fingerprint density at radius 2 is 1.03 bits per heavy atom. The van der Waals surface area contributed by atoms with Crippen LogP contribution >= 0.6 is 0 Å². The van der Waals surface area contributed by atoms with Gasteiger partial charge in [-0.15, -0.1) is 0 Å². The normalized spacial score (nSPS) is 31.1. The molecule has 204 valence electrons. The second-order valence-electron chi connectivity index (χ2n) is 9.23. The molecule has 0 unspecified atom stereocenters. The van der Waals surface area contributed by atoms with Gasteiger partial charge in [0, 0.05) is 23.5 Å². The zero-order chi connectivity index (χ0) is 27.1. The number of aromatic amines is 4. The van der Waals surface area contributed by atoms with Gasteiger partial charge in [-0.3, -0.25) is 9.59 Å². The van der Waals surface area contributed by atoms with Crippen molar-refractivity contribution < 1.29 is 30.6 Å². The number of aliphatic hydroxyl groups is 6. The summed E-state index contributed by atoms with van der Waals surface area (Å²) in [6.45, 7) is -0.573. The predicted octanol–water partition coefficient (Wildman–Crippen LogP) is -4.04. The number of rotatable bonds is 4. The van der Waals surface area contributed by atoms with Crippen molar-refractivity contribution in [3.63, 3.8) is 0 Å². The molecular formula is C22H28N8O8. The maximum absolute atomic E-state index is 11.6. The highest BCUT2D eigenvalue weighted by molar-refractivity contribution is 5.79. The lowest BCUT2D eigenvalue weighted by atomic mass is 10.0.